The quantitative estimate of drug-likeness (QED) is 0.674. The van der Waals surface area contributed by atoms with Crippen LogP contribution in [0.25, 0.3) is 5.57 Å². The summed E-state index contributed by atoms with van der Waals surface area (Å²) in [6.07, 6.45) is 6.04. The van der Waals surface area contributed by atoms with Crippen LogP contribution < -0.4 is 0 Å². The molecule has 4 nitrogen and oxygen atoms in total. The van der Waals surface area contributed by atoms with Crippen molar-refractivity contribution in [3.05, 3.63) is 43.3 Å². The van der Waals surface area contributed by atoms with E-state index in [0.29, 0.717) is 17.4 Å². The van der Waals surface area contributed by atoms with Gasteiger partial charge in [-0.1, -0.05) is 6.58 Å². The van der Waals surface area contributed by atoms with E-state index in [9.17, 15) is 0 Å². The highest BCUT2D eigenvalue weighted by Gasteiger charge is 2.09. The summed E-state index contributed by atoms with van der Waals surface area (Å²) >= 11 is 0. The molecule has 0 saturated carbocycles. The van der Waals surface area contributed by atoms with Crippen LogP contribution in [0.2, 0.25) is 0 Å². The second-order valence-corrected chi connectivity index (χ2v) is 2.15. The fourth-order valence-corrected chi connectivity index (χ4v) is 0.836. The molecule has 0 amide bonds. The summed E-state index contributed by atoms with van der Waals surface area (Å²) in [6, 6.07) is 0. The van der Waals surface area contributed by atoms with Crippen LogP contribution in [0.15, 0.2) is 40.3 Å². The summed E-state index contributed by atoms with van der Waals surface area (Å²) in [5, 5.41) is 0. The lowest BCUT2D eigenvalue weighted by atomic mass is 10.3. The summed E-state index contributed by atoms with van der Waals surface area (Å²) in [5.74, 6) is 0.856. The molecule has 0 N–H and O–H groups in total. The maximum atomic E-state index is 5.01. The van der Waals surface area contributed by atoms with Gasteiger partial charge in [0.15, 0.2) is 0 Å². The van der Waals surface area contributed by atoms with Crippen molar-refractivity contribution in [2.45, 2.75) is 0 Å². The molecule has 2 aromatic heterocycles. The third-order valence-corrected chi connectivity index (χ3v) is 1.38. The van der Waals surface area contributed by atoms with Crippen molar-refractivity contribution in [3.63, 3.8) is 0 Å². The molecule has 2 heterocycles. The third-order valence-electron chi connectivity index (χ3n) is 1.38. The van der Waals surface area contributed by atoms with Gasteiger partial charge in [-0.25, -0.2) is 9.97 Å². The highest BCUT2D eigenvalue weighted by Crippen LogP contribution is 2.17. The van der Waals surface area contributed by atoms with Gasteiger partial charge in [-0.3, -0.25) is 0 Å². The molecule has 0 fully saturated rings. The molecule has 0 aliphatic rings. The van der Waals surface area contributed by atoms with E-state index in [1.807, 2.05) is 0 Å². The second kappa shape index (κ2) is 2.65. The molecule has 12 heavy (non-hydrogen) atoms. The lowest BCUT2D eigenvalue weighted by Crippen LogP contribution is -1.84. The fourth-order valence-electron chi connectivity index (χ4n) is 0.836. The SMILES string of the molecule is C=C(c1ncco1)c1ncco1. The molecule has 0 radical (unpaired) electrons. The largest absolute Gasteiger partial charge is 0.444 e. The Balaban J connectivity index is 2.34. The van der Waals surface area contributed by atoms with E-state index in [-0.39, 0.29) is 0 Å². The van der Waals surface area contributed by atoms with Crippen LogP contribution in [-0.4, -0.2) is 9.97 Å². The molecule has 60 valence electrons. The Kier molecular flexibility index (Phi) is 1.51. The van der Waals surface area contributed by atoms with Crippen LogP contribution in [0.3, 0.4) is 0 Å². The van der Waals surface area contributed by atoms with E-state index in [1.165, 1.54) is 12.5 Å². The standard InChI is InChI=1S/C8H6N2O2/c1-6(7-9-2-4-11-7)8-10-3-5-12-8/h2-5H,1H2. The van der Waals surface area contributed by atoms with E-state index in [0.717, 1.165) is 0 Å². The normalized spacial score (nSPS) is 10.0. The molecular weight excluding hydrogens is 156 g/mol. The molecule has 2 aromatic rings. The van der Waals surface area contributed by atoms with Gasteiger partial charge in [0, 0.05) is 0 Å². The van der Waals surface area contributed by atoms with Gasteiger partial charge in [0.1, 0.15) is 12.5 Å². The Bertz CT molecular complexity index is 325. The number of aromatic nitrogens is 2. The number of hydrogen-bond donors (Lipinski definition) is 0. The van der Waals surface area contributed by atoms with Gasteiger partial charge in [-0.2, -0.15) is 0 Å². The van der Waals surface area contributed by atoms with Crippen LogP contribution in [-0.2, 0) is 0 Å². The maximum absolute atomic E-state index is 5.01. The molecule has 0 spiro atoms. The number of rotatable bonds is 2. The summed E-state index contributed by atoms with van der Waals surface area (Å²) in [4.78, 5) is 7.81. The molecule has 0 atom stereocenters. The van der Waals surface area contributed by atoms with Crippen LogP contribution in [0.1, 0.15) is 11.8 Å². The predicted molar refractivity (Wildman–Crippen MR) is 41.1 cm³/mol. The van der Waals surface area contributed by atoms with Crippen molar-refractivity contribution in [1.82, 2.24) is 9.97 Å². The van der Waals surface area contributed by atoms with Crippen LogP contribution >= 0.6 is 0 Å². The fraction of sp³-hybridized carbons (Fsp3) is 0. The van der Waals surface area contributed by atoms with Crippen molar-refractivity contribution in [2.24, 2.45) is 0 Å². The van der Waals surface area contributed by atoms with E-state index >= 15 is 0 Å². The van der Waals surface area contributed by atoms with Crippen molar-refractivity contribution >= 4 is 5.57 Å². The van der Waals surface area contributed by atoms with Crippen molar-refractivity contribution < 1.29 is 8.83 Å². The van der Waals surface area contributed by atoms with E-state index in [4.69, 9.17) is 8.83 Å². The molecule has 0 unspecified atom stereocenters. The van der Waals surface area contributed by atoms with Gasteiger partial charge < -0.3 is 8.83 Å². The lowest BCUT2D eigenvalue weighted by molar-refractivity contribution is 0.517. The van der Waals surface area contributed by atoms with Gasteiger partial charge in [-0.05, 0) is 0 Å². The minimum Gasteiger partial charge on any atom is -0.444 e. The molecule has 0 aliphatic carbocycles. The molecule has 0 aliphatic heterocycles. The van der Waals surface area contributed by atoms with Gasteiger partial charge >= 0.3 is 0 Å². The monoisotopic (exact) mass is 162 g/mol. The third kappa shape index (κ3) is 1.03. The molecular formula is C8H6N2O2. The highest BCUT2D eigenvalue weighted by molar-refractivity contribution is 5.67. The molecule has 0 bridgehead atoms. The predicted octanol–water partition coefficient (Wildman–Crippen LogP) is 1.72. The smallest absolute Gasteiger partial charge is 0.230 e. The van der Waals surface area contributed by atoms with Crippen LogP contribution in [0.5, 0.6) is 0 Å². The molecule has 2 rings (SSSR count). The molecule has 0 saturated heterocycles. The first-order chi connectivity index (χ1) is 5.88. The highest BCUT2D eigenvalue weighted by atomic mass is 16.4. The minimum atomic E-state index is 0.428. The average Bonchev–Trinajstić information content (AvgIpc) is 2.77. The Morgan fingerprint density at radius 2 is 1.58 bits per heavy atom. The van der Waals surface area contributed by atoms with E-state index in [1.54, 1.807) is 12.4 Å². The number of nitrogens with zero attached hydrogens (tertiary/aromatic N) is 2. The van der Waals surface area contributed by atoms with Crippen LogP contribution in [0, 0.1) is 0 Å². The van der Waals surface area contributed by atoms with Crippen LogP contribution in [0.4, 0.5) is 0 Å². The Labute approximate surface area is 68.6 Å². The molecule has 4 heteroatoms. The minimum absolute atomic E-state index is 0.428. The second-order valence-electron chi connectivity index (χ2n) is 2.15. The zero-order chi connectivity index (χ0) is 8.39. The zero-order valence-corrected chi connectivity index (χ0v) is 6.23. The Hall–Kier alpha value is -1.84. The Morgan fingerprint density at radius 1 is 1.08 bits per heavy atom. The van der Waals surface area contributed by atoms with Gasteiger partial charge in [0.2, 0.25) is 11.8 Å². The van der Waals surface area contributed by atoms with Gasteiger partial charge in [0.05, 0.1) is 18.0 Å². The van der Waals surface area contributed by atoms with Gasteiger partial charge in [0.25, 0.3) is 0 Å². The zero-order valence-electron chi connectivity index (χ0n) is 6.23. The van der Waals surface area contributed by atoms with Crippen molar-refractivity contribution in [3.8, 4) is 0 Å². The molecule has 0 aromatic carbocycles. The first-order valence-corrected chi connectivity index (χ1v) is 3.36. The lowest BCUT2D eigenvalue weighted by Gasteiger charge is -1.92. The first kappa shape index (κ1) is 6.84. The topological polar surface area (TPSA) is 52.1 Å². The van der Waals surface area contributed by atoms with E-state index in [2.05, 4.69) is 16.5 Å². The van der Waals surface area contributed by atoms with Crippen molar-refractivity contribution in [2.75, 3.05) is 0 Å². The number of hydrogen-bond acceptors (Lipinski definition) is 4. The summed E-state index contributed by atoms with van der Waals surface area (Å²) < 4.78 is 10.0. The van der Waals surface area contributed by atoms with Gasteiger partial charge in [-0.15, -0.1) is 0 Å². The summed E-state index contributed by atoms with van der Waals surface area (Å²) in [6.45, 7) is 3.73. The maximum Gasteiger partial charge on any atom is 0.230 e. The summed E-state index contributed by atoms with van der Waals surface area (Å²) in [5.41, 5.74) is 0.546. The number of oxazole rings is 2. The average molecular weight is 162 g/mol. The summed E-state index contributed by atoms with van der Waals surface area (Å²) in [7, 11) is 0. The van der Waals surface area contributed by atoms with E-state index < -0.39 is 0 Å². The first-order valence-electron chi connectivity index (χ1n) is 3.36. The Morgan fingerprint density at radius 3 is 1.92 bits per heavy atom. The van der Waals surface area contributed by atoms with Crippen molar-refractivity contribution in [1.29, 1.82) is 0 Å².